The van der Waals surface area contributed by atoms with Crippen molar-refractivity contribution in [2.45, 2.75) is 31.7 Å². The molecule has 0 aromatic heterocycles. The molecule has 1 heterocycles. The molecule has 3 amide bonds. The van der Waals surface area contributed by atoms with Gasteiger partial charge in [0, 0.05) is 20.6 Å². The third-order valence-corrected chi connectivity index (χ3v) is 8.41. The van der Waals surface area contributed by atoms with Gasteiger partial charge in [-0.15, -0.1) is 12.4 Å². The average Bonchev–Trinajstić information content (AvgIpc) is 3.13. The van der Waals surface area contributed by atoms with Crippen molar-refractivity contribution in [2.24, 2.45) is 0 Å². The Morgan fingerprint density at radius 1 is 1.04 bits per heavy atom. The van der Waals surface area contributed by atoms with Crippen molar-refractivity contribution in [2.75, 3.05) is 30.0 Å². The zero-order valence-corrected chi connectivity index (χ0v) is 28.6. The van der Waals surface area contributed by atoms with E-state index < -0.39 is 48.4 Å². The maximum Gasteiger partial charge on any atom is 0.422 e. The minimum absolute atomic E-state index is 0. The SMILES string of the molecule is CN[C@@H](C)C(=O)N[C@H]1CN(C(=O)c2ccc(F)cc2)c2cc(Cl)ccc2N(Cc2c(OCC(F)(F)F)ccc3cc(Br)ccc23)C1=O.Cl. The fourth-order valence-electron chi connectivity index (χ4n) is 5.21. The third-order valence-electron chi connectivity index (χ3n) is 7.69. The summed E-state index contributed by atoms with van der Waals surface area (Å²) < 4.78 is 59.6. The Kier molecular flexibility index (Phi) is 11.6. The highest BCUT2D eigenvalue weighted by Gasteiger charge is 2.39. The quantitative estimate of drug-likeness (QED) is 0.188. The van der Waals surface area contributed by atoms with E-state index >= 15 is 0 Å². The van der Waals surface area contributed by atoms with Gasteiger partial charge in [-0.2, -0.15) is 13.2 Å². The Morgan fingerprint density at radius 3 is 2.42 bits per heavy atom. The molecule has 0 unspecified atom stereocenters. The Morgan fingerprint density at radius 2 is 1.75 bits per heavy atom. The van der Waals surface area contributed by atoms with Gasteiger partial charge in [-0.25, -0.2) is 4.39 Å². The second-order valence-electron chi connectivity index (χ2n) is 10.9. The lowest BCUT2D eigenvalue weighted by Crippen LogP contribution is -2.55. The van der Waals surface area contributed by atoms with Gasteiger partial charge < -0.3 is 25.2 Å². The lowest BCUT2D eigenvalue weighted by atomic mass is 10.0. The molecule has 8 nitrogen and oxygen atoms in total. The van der Waals surface area contributed by atoms with Crippen molar-refractivity contribution >= 4 is 79.8 Å². The zero-order chi connectivity index (χ0) is 34.0. The number of halogens is 7. The number of alkyl halides is 3. The van der Waals surface area contributed by atoms with Crippen LogP contribution in [0, 0.1) is 5.82 Å². The summed E-state index contributed by atoms with van der Waals surface area (Å²) in [5, 5.41) is 6.91. The molecule has 0 saturated carbocycles. The van der Waals surface area contributed by atoms with Crippen molar-refractivity contribution in [3.63, 3.8) is 0 Å². The van der Waals surface area contributed by atoms with Gasteiger partial charge in [0.25, 0.3) is 11.8 Å². The Balaban J connectivity index is 0.00000520. The first-order valence-electron chi connectivity index (χ1n) is 14.3. The van der Waals surface area contributed by atoms with Crippen LogP contribution >= 0.6 is 39.9 Å². The second-order valence-corrected chi connectivity index (χ2v) is 12.2. The lowest BCUT2D eigenvalue weighted by Gasteiger charge is -2.28. The number of ether oxygens (including phenoxy) is 1. The number of hydrogen-bond acceptors (Lipinski definition) is 5. The molecule has 5 rings (SSSR count). The molecule has 0 radical (unpaired) electrons. The fraction of sp³-hybridized carbons (Fsp3) is 0.242. The highest BCUT2D eigenvalue weighted by molar-refractivity contribution is 9.10. The van der Waals surface area contributed by atoms with Gasteiger partial charge >= 0.3 is 6.18 Å². The average molecular weight is 772 g/mol. The monoisotopic (exact) mass is 770 g/mol. The molecule has 0 bridgehead atoms. The van der Waals surface area contributed by atoms with Crippen LogP contribution in [-0.4, -0.2) is 56.2 Å². The van der Waals surface area contributed by atoms with Crippen LogP contribution in [-0.2, 0) is 16.1 Å². The molecule has 1 aliphatic heterocycles. The van der Waals surface area contributed by atoms with Crippen molar-refractivity contribution in [3.8, 4) is 5.75 Å². The van der Waals surface area contributed by atoms with E-state index in [1.807, 2.05) is 0 Å². The van der Waals surface area contributed by atoms with Crippen LogP contribution in [0.5, 0.6) is 5.75 Å². The van der Waals surface area contributed by atoms with E-state index in [4.69, 9.17) is 16.3 Å². The first-order valence-corrected chi connectivity index (χ1v) is 15.5. The van der Waals surface area contributed by atoms with E-state index in [0.717, 1.165) is 16.6 Å². The molecule has 1 aliphatic rings. The Hall–Kier alpha value is -3.91. The van der Waals surface area contributed by atoms with E-state index in [2.05, 4.69) is 26.6 Å². The molecule has 48 heavy (non-hydrogen) atoms. The van der Waals surface area contributed by atoms with Gasteiger partial charge in [0.1, 0.15) is 17.6 Å². The Bertz CT molecular complexity index is 1850. The zero-order valence-electron chi connectivity index (χ0n) is 25.4. The van der Waals surface area contributed by atoms with Crippen molar-refractivity contribution in [1.29, 1.82) is 0 Å². The summed E-state index contributed by atoms with van der Waals surface area (Å²) in [7, 11) is 1.56. The van der Waals surface area contributed by atoms with Crippen LogP contribution < -0.4 is 25.2 Å². The number of hydrogen-bond donors (Lipinski definition) is 2. The number of carbonyl (C=O) groups excluding carboxylic acids is 3. The first kappa shape index (κ1) is 36.9. The van der Waals surface area contributed by atoms with E-state index in [1.165, 1.54) is 46.2 Å². The number of nitrogens with zero attached hydrogens (tertiary/aromatic N) is 2. The molecule has 15 heteroatoms. The van der Waals surface area contributed by atoms with Crippen LogP contribution in [0.1, 0.15) is 22.8 Å². The number of carbonyl (C=O) groups is 3. The van der Waals surface area contributed by atoms with Crippen LogP contribution in [0.4, 0.5) is 28.9 Å². The summed E-state index contributed by atoms with van der Waals surface area (Å²) in [5.41, 5.74) is 0.762. The third kappa shape index (κ3) is 8.20. The summed E-state index contributed by atoms with van der Waals surface area (Å²) in [6.07, 6.45) is -4.63. The molecule has 4 aromatic rings. The number of benzene rings is 4. The molecule has 0 aliphatic carbocycles. The molecule has 4 aromatic carbocycles. The minimum Gasteiger partial charge on any atom is -0.484 e. The summed E-state index contributed by atoms with van der Waals surface area (Å²) in [5.74, 6) is -2.44. The molecule has 0 spiro atoms. The summed E-state index contributed by atoms with van der Waals surface area (Å²) in [6, 6.07) is 15.5. The lowest BCUT2D eigenvalue weighted by molar-refractivity contribution is -0.153. The van der Waals surface area contributed by atoms with Gasteiger partial charge in [0.15, 0.2) is 6.61 Å². The summed E-state index contributed by atoms with van der Waals surface area (Å²) >= 11 is 9.80. The Labute approximate surface area is 292 Å². The summed E-state index contributed by atoms with van der Waals surface area (Å²) in [4.78, 5) is 44.0. The molecule has 254 valence electrons. The highest BCUT2D eigenvalue weighted by atomic mass is 79.9. The number of fused-ring (bicyclic) bond motifs is 2. The standard InChI is InChI=1S/C33H28BrClF4N4O4.ClH/c1-18(40-2)30(44)41-26-16-43(31(45)19-3-8-23(36)9-4-19)28-14-22(35)7-11-27(28)42(32(26)46)15-25-24-10-6-21(34)13-20(24)5-12-29(25)47-17-33(37,38)39;/h3-14,18,26,40H,15-17H2,1-2H3,(H,41,44);1H/t18-,26-;/m0./s1. The number of rotatable bonds is 8. The number of likely N-dealkylation sites (N-methyl/N-ethyl adjacent to an activating group) is 1. The molecule has 2 N–H and O–H groups in total. The predicted molar refractivity (Wildman–Crippen MR) is 182 cm³/mol. The summed E-state index contributed by atoms with van der Waals surface area (Å²) in [6.45, 7) is -0.613. The van der Waals surface area contributed by atoms with E-state index in [9.17, 15) is 31.9 Å². The van der Waals surface area contributed by atoms with Crippen LogP contribution in [0.3, 0.4) is 0 Å². The van der Waals surface area contributed by atoms with Gasteiger partial charge in [-0.1, -0.05) is 39.7 Å². The predicted octanol–water partition coefficient (Wildman–Crippen LogP) is 7.04. The van der Waals surface area contributed by atoms with Crippen molar-refractivity contribution in [1.82, 2.24) is 10.6 Å². The number of nitrogens with one attached hydrogen (secondary N) is 2. The second kappa shape index (κ2) is 15.1. The van der Waals surface area contributed by atoms with Crippen molar-refractivity contribution < 1.29 is 36.7 Å². The largest absolute Gasteiger partial charge is 0.484 e. The molecular formula is C33H29BrCl2F4N4O4. The topological polar surface area (TPSA) is 91.0 Å². The van der Waals surface area contributed by atoms with Gasteiger partial charge in [0.2, 0.25) is 5.91 Å². The normalized spacial score (nSPS) is 15.3. The number of anilines is 2. The van der Waals surface area contributed by atoms with E-state index in [1.54, 1.807) is 38.2 Å². The van der Waals surface area contributed by atoms with E-state index in [0.29, 0.717) is 10.8 Å². The molecule has 0 saturated heterocycles. The van der Waals surface area contributed by atoms with E-state index in [-0.39, 0.29) is 58.8 Å². The minimum atomic E-state index is -4.63. The van der Waals surface area contributed by atoms with Crippen LogP contribution in [0.2, 0.25) is 5.02 Å². The van der Waals surface area contributed by atoms with Gasteiger partial charge in [-0.3, -0.25) is 14.4 Å². The highest BCUT2D eigenvalue weighted by Crippen LogP contribution is 2.40. The smallest absolute Gasteiger partial charge is 0.422 e. The maximum atomic E-state index is 14.5. The van der Waals surface area contributed by atoms with Crippen LogP contribution in [0.15, 0.2) is 77.3 Å². The van der Waals surface area contributed by atoms with Gasteiger partial charge in [-0.05, 0) is 85.4 Å². The molecular weight excluding hydrogens is 743 g/mol. The van der Waals surface area contributed by atoms with Crippen molar-refractivity contribution in [3.05, 3.63) is 99.2 Å². The van der Waals surface area contributed by atoms with Crippen LogP contribution in [0.25, 0.3) is 10.8 Å². The first-order chi connectivity index (χ1) is 22.3. The fourth-order valence-corrected chi connectivity index (χ4v) is 5.75. The molecule has 0 fully saturated rings. The molecule has 2 atom stereocenters. The van der Waals surface area contributed by atoms with Gasteiger partial charge in [0.05, 0.1) is 30.5 Å². The maximum absolute atomic E-state index is 14.5. The number of amides is 3.